The maximum absolute atomic E-state index is 6.13. The smallest absolute Gasteiger partial charge is 0.0590 e. The molecule has 1 aromatic carbocycles. The molecule has 4 heteroatoms. The normalized spacial score (nSPS) is 26.9. The molecule has 0 spiro atoms. The number of halogens is 1. The number of hydrogen-bond donors (Lipinski definition) is 1. The monoisotopic (exact) mass is 340 g/mol. The number of benzene rings is 1. The van der Waals surface area contributed by atoms with Crippen molar-refractivity contribution in [2.75, 3.05) is 20.2 Å². The third-order valence-electron chi connectivity index (χ3n) is 4.51. The molecule has 3 nitrogen and oxygen atoms in total. The molecule has 0 amide bonds. The van der Waals surface area contributed by atoms with Crippen molar-refractivity contribution in [2.45, 2.75) is 44.4 Å². The molecule has 0 bridgehead atoms. The zero-order chi connectivity index (χ0) is 14.6. The molecule has 1 aromatic rings. The van der Waals surface area contributed by atoms with Gasteiger partial charge < -0.3 is 10.5 Å². The molecule has 1 aliphatic heterocycles. The Bertz CT molecular complexity index is 423. The molecule has 1 saturated heterocycles. The molecule has 2 unspecified atom stereocenters. The summed E-state index contributed by atoms with van der Waals surface area (Å²) in [7, 11) is 2.19. The summed E-state index contributed by atoms with van der Waals surface area (Å²) in [5.41, 5.74) is 7.53. The Labute approximate surface area is 130 Å². The van der Waals surface area contributed by atoms with Gasteiger partial charge in [-0.05, 0) is 44.0 Å². The summed E-state index contributed by atoms with van der Waals surface area (Å²) in [4.78, 5) is 2.42. The van der Waals surface area contributed by atoms with E-state index in [0.717, 1.165) is 36.9 Å². The van der Waals surface area contributed by atoms with E-state index in [9.17, 15) is 0 Å². The summed E-state index contributed by atoms with van der Waals surface area (Å²) in [6.45, 7) is 4.63. The fourth-order valence-corrected chi connectivity index (χ4v) is 3.25. The van der Waals surface area contributed by atoms with Crippen LogP contribution >= 0.6 is 15.9 Å². The highest BCUT2D eigenvalue weighted by atomic mass is 79.9. The Kier molecular flexibility index (Phi) is 5.61. The number of nitrogens with zero attached hydrogens (tertiary/aromatic N) is 1. The van der Waals surface area contributed by atoms with Crippen molar-refractivity contribution < 1.29 is 4.74 Å². The van der Waals surface area contributed by atoms with Crippen molar-refractivity contribution in [3.8, 4) is 0 Å². The van der Waals surface area contributed by atoms with Crippen molar-refractivity contribution in [3.63, 3.8) is 0 Å². The maximum Gasteiger partial charge on any atom is 0.0590 e. The third kappa shape index (κ3) is 3.61. The molecule has 0 radical (unpaired) electrons. The predicted molar refractivity (Wildman–Crippen MR) is 86.7 cm³/mol. The molecule has 0 aliphatic carbocycles. The van der Waals surface area contributed by atoms with Crippen LogP contribution in [0.4, 0.5) is 0 Å². The van der Waals surface area contributed by atoms with Crippen molar-refractivity contribution in [1.82, 2.24) is 4.90 Å². The van der Waals surface area contributed by atoms with Crippen LogP contribution in [0.15, 0.2) is 28.7 Å². The maximum atomic E-state index is 6.13. The standard InChI is InChI=1S/C16H25BrN2O/c1-3-15-10-16(12-18,8-9-20-15)19(2)11-13-4-6-14(17)7-5-13/h4-7,15H,3,8-12,18H2,1-2H3. The third-order valence-corrected chi connectivity index (χ3v) is 5.04. The van der Waals surface area contributed by atoms with E-state index in [1.807, 2.05) is 0 Å². The van der Waals surface area contributed by atoms with Crippen LogP contribution in [0.3, 0.4) is 0 Å². The van der Waals surface area contributed by atoms with Crippen LogP contribution in [0.25, 0.3) is 0 Å². The Morgan fingerprint density at radius 1 is 1.40 bits per heavy atom. The molecule has 2 atom stereocenters. The zero-order valence-electron chi connectivity index (χ0n) is 12.4. The van der Waals surface area contributed by atoms with Gasteiger partial charge in [-0.2, -0.15) is 0 Å². The van der Waals surface area contributed by atoms with Gasteiger partial charge in [0.15, 0.2) is 0 Å². The highest BCUT2D eigenvalue weighted by molar-refractivity contribution is 9.10. The largest absolute Gasteiger partial charge is 0.378 e. The summed E-state index contributed by atoms with van der Waals surface area (Å²) in [5.74, 6) is 0. The summed E-state index contributed by atoms with van der Waals surface area (Å²) in [6.07, 6.45) is 3.47. The van der Waals surface area contributed by atoms with Gasteiger partial charge in [0.25, 0.3) is 0 Å². The lowest BCUT2D eigenvalue weighted by atomic mass is 9.84. The van der Waals surface area contributed by atoms with Crippen LogP contribution in [0, 0.1) is 0 Å². The lowest BCUT2D eigenvalue weighted by molar-refractivity contribution is -0.0671. The summed E-state index contributed by atoms with van der Waals surface area (Å²) in [6, 6.07) is 8.52. The van der Waals surface area contributed by atoms with E-state index in [2.05, 4.69) is 59.1 Å². The first-order valence-corrected chi connectivity index (χ1v) is 8.16. The minimum Gasteiger partial charge on any atom is -0.378 e. The molecular weight excluding hydrogens is 316 g/mol. The second-order valence-electron chi connectivity index (χ2n) is 5.77. The van der Waals surface area contributed by atoms with E-state index in [1.54, 1.807) is 0 Å². The van der Waals surface area contributed by atoms with Crippen LogP contribution in [0.5, 0.6) is 0 Å². The Balaban J connectivity index is 2.08. The van der Waals surface area contributed by atoms with E-state index in [0.29, 0.717) is 12.6 Å². The number of ether oxygens (including phenoxy) is 1. The topological polar surface area (TPSA) is 38.5 Å². The van der Waals surface area contributed by atoms with Gasteiger partial charge in [-0.3, -0.25) is 4.90 Å². The number of hydrogen-bond acceptors (Lipinski definition) is 3. The van der Waals surface area contributed by atoms with Crippen LogP contribution in [0.2, 0.25) is 0 Å². The molecule has 0 saturated carbocycles. The molecule has 20 heavy (non-hydrogen) atoms. The molecular formula is C16H25BrN2O. The van der Waals surface area contributed by atoms with Gasteiger partial charge in [-0.1, -0.05) is 35.0 Å². The van der Waals surface area contributed by atoms with Crippen LogP contribution < -0.4 is 5.73 Å². The molecule has 2 N–H and O–H groups in total. The Morgan fingerprint density at radius 3 is 2.70 bits per heavy atom. The lowest BCUT2D eigenvalue weighted by Crippen LogP contribution is -2.56. The fourth-order valence-electron chi connectivity index (χ4n) is 2.98. The molecule has 112 valence electrons. The van der Waals surface area contributed by atoms with Crippen LogP contribution in [-0.2, 0) is 11.3 Å². The second kappa shape index (κ2) is 7.03. The number of nitrogens with two attached hydrogens (primary N) is 1. The highest BCUT2D eigenvalue weighted by Gasteiger charge is 2.38. The van der Waals surface area contributed by atoms with Gasteiger partial charge in [0, 0.05) is 29.7 Å². The van der Waals surface area contributed by atoms with Crippen molar-refractivity contribution in [3.05, 3.63) is 34.3 Å². The first-order valence-electron chi connectivity index (χ1n) is 7.37. The van der Waals surface area contributed by atoms with Crippen molar-refractivity contribution >= 4 is 15.9 Å². The quantitative estimate of drug-likeness (QED) is 0.894. The highest BCUT2D eigenvalue weighted by Crippen LogP contribution is 2.31. The van der Waals surface area contributed by atoms with E-state index >= 15 is 0 Å². The minimum atomic E-state index is 0.0754. The molecule has 2 rings (SSSR count). The fraction of sp³-hybridized carbons (Fsp3) is 0.625. The summed E-state index contributed by atoms with van der Waals surface area (Å²) in [5, 5.41) is 0. The van der Waals surface area contributed by atoms with Crippen molar-refractivity contribution in [1.29, 1.82) is 0 Å². The summed E-state index contributed by atoms with van der Waals surface area (Å²) < 4.78 is 6.93. The second-order valence-corrected chi connectivity index (χ2v) is 6.68. The van der Waals surface area contributed by atoms with Gasteiger partial charge in [0.1, 0.15) is 0 Å². The minimum absolute atomic E-state index is 0.0754. The van der Waals surface area contributed by atoms with E-state index < -0.39 is 0 Å². The van der Waals surface area contributed by atoms with Gasteiger partial charge in [-0.15, -0.1) is 0 Å². The molecule has 1 aliphatic rings. The first-order chi connectivity index (χ1) is 9.59. The molecule has 0 aromatic heterocycles. The van der Waals surface area contributed by atoms with Gasteiger partial charge in [0.2, 0.25) is 0 Å². The van der Waals surface area contributed by atoms with Gasteiger partial charge in [-0.25, -0.2) is 0 Å². The molecule has 1 heterocycles. The van der Waals surface area contributed by atoms with Crippen LogP contribution in [0.1, 0.15) is 31.7 Å². The summed E-state index contributed by atoms with van der Waals surface area (Å²) >= 11 is 3.48. The van der Waals surface area contributed by atoms with E-state index in [1.165, 1.54) is 5.56 Å². The Morgan fingerprint density at radius 2 is 2.10 bits per heavy atom. The average molecular weight is 341 g/mol. The van der Waals surface area contributed by atoms with E-state index in [4.69, 9.17) is 10.5 Å². The SMILES string of the molecule is CCC1CC(CN)(N(C)Cc2ccc(Br)cc2)CCO1. The van der Waals surface area contributed by atoms with Crippen molar-refractivity contribution in [2.24, 2.45) is 5.73 Å². The van der Waals surface area contributed by atoms with E-state index in [-0.39, 0.29) is 5.54 Å². The lowest BCUT2D eigenvalue weighted by Gasteiger charge is -2.46. The Hall–Kier alpha value is -0.420. The average Bonchev–Trinajstić information content (AvgIpc) is 2.49. The van der Waals surface area contributed by atoms with Crippen LogP contribution in [-0.4, -0.2) is 36.7 Å². The zero-order valence-corrected chi connectivity index (χ0v) is 14.0. The first kappa shape index (κ1) is 16.0. The van der Waals surface area contributed by atoms with Gasteiger partial charge >= 0.3 is 0 Å². The number of likely N-dealkylation sites (N-methyl/N-ethyl adjacent to an activating group) is 1. The molecule has 1 fully saturated rings. The number of rotatable bonds is 5. The van der Waals surface area contributed by atoms with Gasteiger partial charge in [0.05, 0.1) is 6.10 Å². The predicted octanol–water partition coefficient (Wildman–Crippen LogP) is 3.17.